The van der Waals surface area contributed by atoms with Crippen molar-refractivity contribution < 1.29 is 22.8 Å². The Balaban J connectivity index is 1.63. The Morgan fingerprint density at radius 3 is 2.66 bits per heavy atom. The smallest absolute Gasteiger partial charge is 0.355 e. The highest BCUT2D eigenvalue weighted by molar-refractivity contribution is 6.31. The predicted molar refractivity (Wildman–Crippen MR) is 138 cm³/mol. The second-order valence-electron chi connectivity index (χ2n) is 10.8. The second kappa shape index (κ2) is 10.5. The van der Waals surface area contributed by atoms with Crippen LogP contribution in [-0.4, -0.2) is 87.8 Å². The van der Waals surface area contributed by atoms with Gasteiger partial charge in [0.05, 0.1) is 11.6 Å². The van der Waals surface area contributed by atoms with Crippen molar-refractivity contribution >= 4 is 40.3 Å². The number of amidine groups is 1. The van der Waals surface area contributed by atoms with Crippen LogP contribution in [0.3, 0.4) is 0 Å². The number of hydrogen-bond acceptors (Lipinski definition) is 6. The highest BCUT2D eigenvalue weighted by Gasteiger charge is 2.39. The van der Waals surface area contributed by atoms with Crippen molar-refractivity contribution in [2.75, 3.05) is 33.2 Å². The normalized spacial score (nSPS) is 20.6. The Hall–Kier alpha value is -3.28. The maximum atomic E-state index is 13.0. The molecule has 4 heterocycles. The average molecular weight is 554 g/mol. The van der Waals surface area contributed by atoms with Crippen LogP contribution in [0.25, 0.3) is 11.0 Å². The molecule has 2 aromatic rings. The lowest BCUT2D eigenvalue weighted by molar-refractivity contribution is -0.144. The molecule has 2 atom stereocenters. The Labute approximate surface area is 223 Å². The van der Waals surface area contributed by atoms with Crippen LogP contribution in [0.1, 0.15) is 38.9 Å². The van der Waals surface area contributed by atoms with E-state index in [1.165, 1.54) is 6.20 Å². The van der Waals surface area contributed by atoms with Crippen molar-refractivity contribution in [3.8, 4) is 0 Å². The van der Waals surface area contributed by atoms with Gasteiger partial charge in [0.2, 0.25) is 11.8 Å². The molecule has 0 aliphatic carbocycles. The molecule has 2 aliphatic heterocycles. The first-order valence-electron chi connectivity index (χ1n) is 12.2. The molecule has 0 radical (unpaired) electrons. The van der Waals surface area contributed by atoms with E-state index in [0.29, 0.717) is 23.1 Å². The van der Waals surface area contributed by atoms with E-state index in [-0.39, 0.29) is 30.8 Å². The van der Waals surface area contributed by atoms with Crippen molar-refractivity contribution in [3.05, 3.63) is 41.3 Å². The molecule has 0 saturated carbocycles. The number of piperazine rings is 1. The molecular formula is C25H31ClF3N7O2. The highest BCUT2D eigenvalue weighted by atomic mass is 35.5. The largest absolute Gasteiger partial charge is 0.405 e. The van der Waals surface area contributed by atoms with Crippen molar-refractivity contribution in [1.29, 1.82) is 0 Å². The first-order valence-corrected chi connectivity index (χ1v) is 12.6. The molecule has 1 unspecified atom stereocenters. The van der Waals surface area contributed by atoms with Crippen molar-refractivity contribution in [1.82, 2.24) is 30.0 Å². The Kier molecular flexibility index (Phi) is 7.64. The summed E-state index contributed by atoms with van der Waals surface area (Å²) in [4.78, 5) is 43.3. The standard InChI is InChI=1S/C25H31ClF3N7O2/c1-24(2,3)10-20(37)35-7-8-36(18(13-35)23(38)32-14-25(27,28)29)19-5-6-34(4)22(33-19)17-12-31-21-16(17)9-15(26)11-30-21/h5-6,9,11-12,18,22H,7-8,10,13-14H2,1-4H3,(H,30,31)(H,32,38)/t18-,22?/m1/s1. The summed E-state index contributed by atoms with van der Waals surface area (Å²) in [7, 11) is 1.84. The molecule has 0 bridgehead atoms. The minimum atomic E-state index is -4.56. The molecule has 206 valence electrons. The van der Waals surface area contributed by atoms with Gasteiger partial charge in [-0.05, 0) is 17.6 Å². The van der Waals surface area contributed by atoms with Crippen LogP contribution in [0.2, 0.25) is 5.02 Å². The molecular weight excluding hydrogens is 523 g/mol. The summed E-state index contributed by atoms with van der Waals surface area (Å²) in [5.41, 5.74) is 1.17. The van der Waals surface area contributed by atoms with Crippen LogP contribution in [0.4, 0.5) is 13.2 Å². The summed E-state index contributed by atoms with van der Waals surface area (Å²) in [6.45, 7) is 4.85. The van der Waals surface area contributed by atoms with Crippen LogP contribution in [0, 0.1) is 5.41 Å². The van der Waals surface area contributed by atoms with Gasteiger partial charge >= 0.3 is 6.18 Å². The number of rotatable bonds is 4. The number of fused-ring (bicyclic) bond motifs is 1. The van der Waals surface area contributed by atoms with Crippen molar-refractivity contribution in [2.24, 2.45) is 10.4 Å². The SMILES string of the molecule is CN1C=CC(N2CCN(C(=O)CC(C)(C)C)C[C@@H]2C(=O)NCC(F)(F)F)=NC1c1c[nH]c2ncc(Cl)cc12. The van der Waals surface area contributed by atoms with Crippen molar-refractivity contribution in [2.45, 2.75) is 45.6 Å². The summed E-state index contributed by atoms with van der Waals surface area (Å²) in [6.07, 6.45) is 2.04. The van der Waals surface area contributed by atoms with Gasteiger partial charge < -0.3 is 25.0 Å². The van der Waals surface area contributed by atoms with Crippen LogP contribution < -0.4 is 5.32 Å². The van der Waals surface area contributed by atoms with Gasteiger partial charge in [-0.2, -0.15) is 13.2 Å². The lowest BCUT2D eigenvalue weighted by Crippen LogP contribution is -2.62. The van der Waals surface area contributed by atoms with Crippen molar-refractivity contribution in [3.63, 3.8) is 0 Å². The quantitative estimate of drug-likeness (QED) is 0.602. The highest BCUT2D eigenvalue weighted by Crippen LogP contribution is 2.32. The molecule has 13 heteroatoms. The molecule has 38 heavy (non-hydrogen) atoms. The van der Waals surface area contributed by atoms with Gasteiger partial charge in [-0.25, -0.2) is 9.98 Å². The number of pyridine rings is 1. The number of nitrogens with one attached hydrogen (secondary N) is 2. The number of aliphatic imine (C=N–C) groups is 1. The zero-order chi connectivity index (χ0) is 27.8. The lowest BCUT2D eigenvalue weighted by Gasteiger charge is -2.43. The molecule has 0 spiro atoms. The summed E-state index contributed by atoms with van der Waals surface area (Å²) in [6, 6.07) is 0.742. The Morgan fingerprint density at radius 2 is 1.97 bits per heavy atom. The molecule has 4 rings (SSSR count). The van der Waals surface area contributed by atoms with E-state index in [1.807, 2.05) is 38.0 Å². The fraction of sp³-hybridized carbons (Fsp3) is 0.520. The monoisotopic (exact) mass is 553 g/mol. The minimum Gasteiger partial charge on any atom is -0.355 e. The molecule has 2 amide bonds. The number of aromatic amines is 1. The fourth-order valence-corrected chi connectivity index (χ4v) is 4.73. The summed E-state index contributed by atoms with van der Waals surface area (Å²) in [5, 5.41) is 3.23. The molecule has 2 aromatic heterocycles. The number of hydrogen-bond donors (Lipinski definition) is 2. The number of carbonyl (C=O) groups excluding carboxylic acids is 2. The number of carbonyl (C=O) groups is 2. The number of aromatic nitrogens is 2. The van der Waals surface area contributed by atoms with E-state index in [1.54, 1.807) is 34.3 Å². The number of H-pyrrole nitrogens is 1. The third-order valence-electron chi connectivity index (χ3n) is 6.38. The second-order valence-corrected chi connectivity index (χ2v) is 11.2. The van der Waals surface area contributed by atoms with E-state index in [9.17, 15) is 22.8 Å². The number of halogens is 4. The minimum absolute atomic E-state index is 0.0431. The third kappa shape index (κ3) is 6.40. The van der Waals surface area contributed by atoms with Gasteiger partial charge in [0.1, 0.15) is 24.1 Å². The molecule has 2 aliphatic rings. The first-order chi connectivity index (χ1) is 17.7. The van der Waals surface area contributed by atoms with Gasteiger partial charge in [-0.3, -0.25) is 9.59 Å². The number of alkyl halides is 3. The predicted octanol–water partition coefficient (Wildman–Crippen LogP) is 3.70. The van der Waals surface area contributed by atoms with Crippen LogP contribution in [-0.2, 0) is 9.59 Å². The third-order valence-corrected chi connectivity index (χ3v) is 6.59. The zero-order valence-corrected chi connectivity index (χ0v) is 22.4. The zero-order valence-electron chi connectivity index (χ0n) is 21.6. The van der Waals surface area contributed by atoms with E-state index in [4.69, 9.17) is 16.6 Å². The van der Waals surface area contributed by atoms with Crippen LogP contribution in [0.5, 0.6) is 0 Å². The summed E-state index contributed by atoms with van der Waals surface area (Å²) >= 11 is 6.16. The van der Waals surface area contributed by atoms with E-state index in [0.717, 1.165) is 10.9 Å². The molecule has 9 nitrogen and oxygen atoms in total. The van der Waals surface area contributed by atoms with Gasteiger partial charge in [0.15, 0.2) is 6.17 Å². The number of amides is 2. The van der Waals surface area contributed by atoms with E-state index >= 15 is 0 Å². The lowest BCUT2D eigenvalue weighted by atomic mass is 9.91. The first kappa shape index (κ1) is 27.7. The van der Waals surface area contributed by atoms with Gasteiger partial charge in [0, 0.05) is 56.1 Å². The summed E-state index contributed by atoms with van der Waals surface area (Å²) < 4.78 is 38.6. The Bertz CT molecular complexity index is 1270. The molecule has 1 saturated heterocycles. The fourth-order valence-electron chi connectivity index (χ4n) is 4.57. The molecule has 1 fully saturated rings. The van der Waals surface area contributed by atoms with E-state index in [2.05, 4.69) is 9.97 Å². The van der Waals surface area contributed by atoms with Crippen LogP contribution >= 0.6 is 11.6 Å². The number of nitrogens with zero attached hydrogens (tertiary/aromatic N) is 5. The average Bonchev–Trinajstić information content (AvgIpc) is 3.24. The molecule has 0 aromatic carbocycles. The van der Waals surface area contributed by atoms with Gasteiger partial charge in [-0.15, -0.1) is 0 Å². The van der Waals surface area contributed by atoms with E-state index < -0.39 is 30.8 Å². The Morgan fingerprint density at radius 1 is 1.24 bits per heavy atom. The maximum absolute atomic E-state index is 13.0. The van der Waals surface area contributed by atoms with Gasteiger partial charge in [0.25, 0.3) is 0 Å². The summed E-state index contributed by atoms with van der Waals surface area (Å²) in [5.74, 6) is -0.523. The van der Waals surface area contributed by atoms with Crippen LogP contribution in [0.15, 0.2) is 35.7 Å². The van der Waals surface area contributed by atoms with Gasteiger partial charge in [-0.1, -0.05) is 32.4 Å². The molecule has 2 N–H and O–H groups in total. The topological polar surface area (TPSA) is 96.9 Å². The maximum Gasteiger partial charge on any atom is 0.405 e.